The van der Waals surface area contributed by atoms with Gasteiger partial charge in [-0.25, -0.2) is 0 Å². The Hall–Kier alpha value is -2.63. The average molecular weight is 336 g/mol. The topological polar surface area (TPSA) is 68.2 Å². The number of imide groups is 1. The van der Waals surface area contributed by atoms with Crippen LogP contribution < -0.4 is 9.47 Å². The van der Waals surface area contributed by atoms with Crippen LogP contribution in [-0.4, -0.2) is 29.8 Å². The molecule has 25 heavy (non-hydrogen) atoms. The first-order valence-electron chi connectivity index (χ1n) is 8.72. The first-order valence-corrected chi connectivity index (χ1v) is 8.72. The lowest BCUT2D eigenvalue weighted by Gasteiger charge is -2.37. The third kappa shape index (κ3) is 1.72. The minimum absolute atomic E-state index is 0.142. The number of fused-ring (bicyclic) bond motifs is 1. The van der Waals surface area contributed by atoms with Gasteiger partial charge in [-0.15, -0.1) is 0 Å². The highest BCUT2D eigenvalue weighted by molar-refractivity contribution is 6.06. The van der Waals surface area contributed by atoms with Gasteiger partial charge in [0, 0.05) is 0 Å². The third-order valence-corrected chi connectivity index (χ3v) is 6.36. The van der Waals surface area contributed by atoms with Crippen molar-refractivity contribution < 1.29 is 19.1 Å². The van der Waals surface area contributed by atoms with E-state index in [1.54, 1.807) is 18.3 Å². The van der Waals surface area contributed by atoms with Crippen molar-refractivity contribution in [3.63, 3.8) is 0 Å². The Morgan fingerprint density at radius 1 is 1.00 bits per heavy atom. The van der Waals surface area contributed by atoms with E-state index >= 15 is 0 Å². The highest BCUT2D eigenvalue weighted by Crippen LogP contribution is 2.65. The number of hydrazone groups is 1. The molecule has 2 aliphatic heterocycles. The Bertz CT molecular complexity index is 840. The van der Waals surface area contributed by atoms with Crippen LogP contribution >= 0.6 is 0 Å². The fraction of sp³-hybridized carbons (Fsp3) is 0.421. The van der Waals surface area contributed by atoms with Crippen molar-refractivity contribution >= 4 is 18.0 Å². The van der Waals surface area contributed by atoms with Gasteiger partial charge in [0.05, 0.1) is 18.1 Å². The van der Waals surface area contributed by atoms with Crippen molar-refractivity contribution in [3.05, 3.63) is 35.9 Å². The van der Waals surface area contributed by atoms with Crippen molar-refractivity contribution in [3.8, 4) is 11.5 Å². The SMILES string of the molecule is O=C1[C@@H]2[C@H]3C=C[C@@H]([C@@H]4C[C@H]34)[C@@H]2C(=O)N1N=Cc1ccc2c(c1)OCO2. The summed E-state index contributed by atoms with van der Waals surface area (Å²) in [6, 6.07) is 5.43. The molecule has 4 aliphatic carbocycles. The molecule has 1 saturated heterocycles. The second-order valence-electron chi connectivity index (χ2n) is 7.50. The average Bonchev–Trinajstić information content (AvgIpc) is 3.27. The van der Waals surface area contributed by atoms with Gasteiger partial charge in [-0.3, -0.25) is 9.59 Å². The molecule has 0 spiro atoms. The van der Waals surface area contributed by atoms with Crippen LogP contribution in [0.5, 0.6) is 11.5 Å². The molecular formula is C19H16N2O4. The minimum atomic E-state index is -0.208. The summed E-state index contributed by atoms with van der Waals surface area (Å²) in [5.41, 5.74) is 0.767. The van der Waals surface area contributed by atoms with E-state index in [4.69, 9.17) is 9.47 Å². The predicted molar refractivity (Wildman–Crippen MR) is 86.7 cm³/mol. The summed E-state index contributed by atoms with van der Waals surface area (Å²) in [5, 5.41) is 5.32. The van der Waals surface area contributed by atoms with Gasteiger partial charge in [0.25, 0.3) is 11.8 Å². The minimum Gasteiger partial charge on any atom is -0.454 e. The van der Waals surface area contributed by atoms with E-state index in [0.29, 0.717) is 23.3 Å². The van der Waals surface area contributed by atoms with Crippen LogP contribution in [0, 0.1) is 35.5 Å². The normalized spacial score (nSPS) is 39.3. The molecule has 0 aromatic heterocycles. The molecule has 1 aromatic carbocycles. The Morgan fingerprint density at radius 3 is 2.40 bits per heavy atom. The van der Waals surface area contributed by atoms with Crippen LogP contribution in [0.25, 0.3) is 0 Å². The Morgan fingerprint density at radius 2 is 1.68 bits per heavy atom. The smallest absolute Gasteiger partial charge is 0.254 e. The van der Waals surface area contributed by atoms with Crippen molar-refractivity contribution in [1.29, 1.82) is 0 Å². The van der Waals surface area contributed by atoms with Crippen LogP contribution in [0.2, 0.25) is 0 Å². The first kappa shape index (κ1) is 13.6. The zero-order valence-electron chi connectivity index (χ0n) is 13.4. The van der Waals surface area contributed by atoms with Gasteiger partial charge in [0.15, 0.2) is 11.5 Å². The van der Waals surface area contributed by atoms with Gasteiger partial charge in [0.1, 0.15) is 0 Å². The van der Waals surface area contributed by atoms with Gasteiger partial charge < -0.3 is 9.47 Å². The maximum Gasteiger partial charge on any atom is 0.254 e. The highest BCUT2D eigenvalue weighted by Gasteiger charge is 2.67. The zero-order valence-corrected chi connectivity index (χ0v) is 13.4. The number of hydrogen-bond acceptors (Lipinski definition) is 5. The number of rotatable bonds is 2. The summed E-state index contributed by atoms with van der Waals surface area (Å²) in [5.74, 6) is 2.30. The molecular weight excluding hydrogens is 320 g/mol. The molecule has 6 atom stereocenters. The summed E-state index contributed by atoms with van der Waals surface area (Å²) in [6.45, 7) is 0.209. The summed E-state index contributed by atoms with van der Waals surface area (Å²) >= 11 is 0. The van der Waals surface area contributed by atoms with E-state index in [1.807, 2.05) is 6.07 Å². The molecule has 6 aliphatic rings. The van der Waals surface area contributed by atoms with Gasteiger partial charge >= 0.3 is 0 Å². The van der Waals surface area contributed by atoms with Crippen LogP contribution in [0.3, 0.4) is 0 Å². The quantitative estimate of drug-likeness (QED) is 0.469. The van der Waals surface area contributed by atoms with Crippen LogP contribution in [0.1, 0.15) is 12.0 Å². The molecule has 2 saturated carbocycles. The molecule has 1 aromatic rings. The molecule has 2 bridgehead atoms. The highest BCUT2D eigenvalue weighted by atomic mass is 16.7. The number of hydrogen-bond donors (Lipinski definition) is 0. The fourth-order valence-electron chi connectivity index (χ4n) is 5.17. The molecule has 2 heterocycles. The zero-order chi connectivity index (χ0) is 16.7. The number of benzene rings is 1. The molecule has 2 amide bonds. The van der Waals surface area contributed by atoms with E-state index in [-0.39, 0.29) is 42.3 Å². The molecule has 126 valence electrons. The van der Waals surface area contributed by atoms with E-state index in [0.717, 1.165) is 17.0 Å². The van der Waals surface area contributed by atoms with Crippen LogP contribution in [0.15, 0.2) is 35.5 Å². The van der Waals surface area contributed by atoms with E-state index in [1.165, 1.54) is 0 Å². The summed E-state index contributed by atoms with van der Waals surface area (Å²) in [7, 11) is 0. The number of carbonyl (C=O) groups excluding carboxylic acids is 2. The van der Waals surface area contributed by atoms with Crippen molar-refractivity contribution in [2.24, 2.45) is 40.6 Å². The summed E-state index contributed by atoms with van der Waals surface area (Å²) in [4.78, 5) is 25.7. The molecule has 0 unspecified atom stereocenters. The molecule has 6 nitrogen and oxygen atoms in total. The lowest BCUT2D eigenvalue weighted by atomic mass is 9.63. The van der Waals surface area contributed by atoms with E-state index < -0.39 is 0 Å². The van der Waals surface area contributed by atoms with Crippen molar-refractivity contribution in [2.75, 3.05) is 6.79 Å². The molecule has 3 fully saturated rings. The lowest BCUT2D eigenvalue weighted by molar-refractivity contribution is -0.140. The van der Waals surface area contributed by atoms with Gasteiger partial charge in [-0.1, -0.05) is 12.2 Å². The van der Waals surface area contributed by atoms with E-state index in [2.05, 4.69) is 17.3 Å². The molecule has 0 N–H and O–H groups in total. The molecule has 6 heteroatoms. The monoisotopic (exact) mass is 336 g/mol. The number of nitrogens with zero attached hydrogens (tertiary/aromatic N) is 2. The number of allylic oxidation sites excluding steroid dienone is 2. The van der Waals surface area contributed by atoms with E-state index in [9.17, 15) is 9.59 Å². The third-order valence-electron chi connectivity index (χ3n) is 6.36. The van der Waals surface area contributed by atoms with Gasteiger partial charge in [-0.05, 0) is 53.9 Å². The largest absolute Gasteiger partial charge is 0.454 e. The van der Waals surface area contributed by atoms with Crippen LogP contribution in [-0.2, 0) is 9.59 Å². The number of amides is 2. The van der Waals surface area contributed by atoms with Crippen molar-refractivity contribution in [1.82, 2.24) is 5.01 Å². The lowest BCUT2D eigenvalue weighted by Crippen LogP contribution is -2.40. The summed E-state index contributed by atoms with van der Waals surface area (Å²) < 4.78 is 10.6. The number of carbonyl (C=O) groups is 2. The Balaban J connectivity index is 1.30. The maximum atomic E-state index is 12.8. The van der Waals surface area contributed by atoms with Gasteiger partial charge in [-0.2, -0.15) is 10.1 Å². The number of ether oxygens (including phenoxy) is 2. The first-order chi connectivity index (χ1) is 12.2. The fourth-order valence-corrected chi connectivity index (χ4v) is 5.17. The standard InChI is InChI=1S/C19H16N2O4/c22-18-16-10-2-3-11(13-6-12(10)13)17(16)19(23)21(18)20-7-9-1-4-14-15(5-9)25-8-24-14/h1-5,7,10-13,16-17H,6,8H2/t10-,11-,12-,13+,16-,17+/m0/s1. The second-order valence-corrected chi connectivity index (χ2v) is 7.50. The summed E-state index contributed by atoms with van der Waals surface area (Å²) in [6.07, 6.45) is 7.04. The molecule has 7 rings (SSSR count). The Labute approximate surface area is 144 Å². The second kappa shape index (κ2) is 4.50. The molecule has 0 radical (unpaired) electrons. The van der Waals surface area contributed by atoms with Crippen molar-refractivity contribution in [2.45, 2.75) is 6.42 Å². The maximum absolute atomic E-state index is 12.8. The Kier molecular flexibility index (Phi) is 2.46. The van der Waals surface area contributed by atoms with Crippen LogP contribution in [0.4, 0.5) is 0 Å². The van der Waals surface area contributed by atoms with Gasteiger partial charge in [0.2, 0.25) is 6.79 Å². The predicted octanol–water partition coefficient (Wildman–Crippen LogP) is 1.80.